The molecule has 0 unspecified atom stereocenters. The van der Waals surface area contributed by atoms with Crippen LogP contribution in [0.3, 0.4) is 0 Å². The molecule has 0 atom stereocenters. The summed E-state index contributed by atoms with van der Waals surface area (Å²) in [6.45, 7) is 2.97. The Kier molecular flexibility index (Phi) is 6.42. The van der Waals surface area contributed by atoms with Crippen molar-refractivity contribution in [1.82, 2.24) is 14.5 Å². The van der Waals surface area contributed by atoms with Gasteiger partial charge >= 0.3 is 0 Å². The maximum absolute atomic E-state index is 12.6. The largest absolute Gasteiger partial charge is 0.351 e. The monoisotopic (exact) mass is 393 g/mol. The predicted octanol–water partition coefficient (Wildman–Crippen LogP) is 1.76. The molecular formula is C18H23N3O3S2. The summed E-state index contributed by atoms with van der Waals surface area (Å²) in [7, 11) is -3.42. The summed E-state index contributed by atoms with van der Waals surface area (Å²) in [6, 6.07) is 13.2. The van der Waals surface area contributed by atoms with Crippen LogP contribution < -0.4 is 5.32 Å². The van der Waals surface area contributed by atoms with Crippen molar-refractivity contribution in [2.45, 2.75) is 17.2 Å². The van der Waals surface area contributed by atoms with E-state index in [0.717, 1.165) is 18.5 Å². The lowest BCUT2D eigenvalue weighted by Crippen LogP contribution is -2.39. The molecule has 1 aromatic carbocycles. The smallest absolute Gasteiger partial charge is 0.252 e. The number of carbonyl (C=O) groups excluding carboxylic acids is 1. The molecule has 0 spiro atoms. The summed E-state index contributed by atoms with van der Waals surface area (Å²) in [5.74, 6) is -0.0385. The third kappa shape index (κ3) is 4.91. The lowest BCUT2D eigenvalue weighted by molar-refractivity contribution is -0.122. The molecule has 1 fully saturated rings. The van der Waals surface area contributed by atoms with Crippen LogP contribution in [-0.2, 0) is 21.4 Å². The van der Waals surface area contributed by atoms with Crippen molar-refractivity contribution in [2.75, 3.05) is 32.7 Å². The molecule has 3 rings (SSSR count). The highest BCUT2D eigenvalue weighted by atomic mass is 32.2. The number of thiophene rings is 1. The lowest BCUT2D eigenvalue weighted by atomic mass is 10.2. The molecule has 1 aliphatic heterocycles. The number of benzene rings is 1. The van der Waals surface area contributed by atoms with Crippen LogP contribution in [0.4, 0.5) is 0 Å². The standard InChI is InChI=1S/C18H23N3O3S2/c22-17(19-14-16-6-2-1-3-7-16)15-20-9-5-10-21(12-11-20)26(23,24)18-8-4-13-25-18/h1-4,6-8,13H,5,9-12,14-15H2,(H,19,22). The van der Waals surface area contributed by atoms with E-state index in [0.29, 0.717) is 36.9 Å². The van der Waals surface area contributed by atoms with Crippen molar-refractivity contribution >= 4 is 27.3 Å². The van der Waals surface area contributed by atoms with Crippen molar-refractivity contribution in [1.29, 1.82) is 0 Å². The van der Waals surface area contributed by atoms with E-state index in [-0.39, 0.29) is 5.91 Å². The van der Waals surface area contributed by atoms with Crippen molar-refractivity contribution < 1.29 is 13.2 Å². The lowest BCUT2D eigenvalue weighted by Gasteiger charge is -2.21. The van der Waals surface area contributed by atoms with Gasteiger partial charge in [-0.05, 0) is 30.0 Å². The quantitative estimate of drug-likeness (QED) is 0.812. The topological polar surface area (TPSA) is 69.7 Å². The van der Waals surface area contributed by atoms with Crippen LogP contribution in [0.15, 0.2) is 52.1 Å². The fourth-order valence-corrected chi connectivity index (χ4v) is 5.55. The van der Waals surface area contributed by atoms with Crippen LogP contribution in [0, 0.1) is 0 Å². The zero-order chi connectivity index (χ0) is 18.4. The molecular weight excluding hydrogens is 370 g/mol. The minimum Gasteiger partial charge on any atom is -0.351 e. The van der Waals surface area contributed by atoms with Gasteiger partial charge in [0.05, 0.1) is 6.54 Å². The highest BCUT2D eigenvalue weighted by molar-refractivity contribution is 7.91. The van der Waals surface area contributed by atoms with Crippen LogP contribution >= 0.6 is 11.3 Å². The van der Waals surface area contributed by atoms with Crippen molar-refractivity contribution in [3.63, 3.8) is 0 Å². The number of hydrogen-bond acceptors (Lipinski definition) is 5. The Morgan fingerprint density at radius 1 is 1.04 bits per heavy atom. The maximum Gasteiger partial charge on any atom is 0.252 e. The predicted molar refractivity (Wildman–Crippen MR) is 102 cm³/mol. The summed E-state index contributed by atoms with van der Waals surface area (Å²) in [5.41, 5.74) is 1.06. The molecule has 6 nitrogen and oxygen atoms in total. The van der Waals surface area contributed by atoms with Gasteiger partial charge in [0.25, 0.3) is 10.0 Å². The summed E-state index contributed by atoms with van der Waals surface area (Å²) in [5, 5.41) is 4.69. The summed E-state index contributed by atoms with van der Waals surface area (Å²) < 4.78 is 27.2. The highest BCUT2D eigenvalue weighted by Crippen LogP contribution is 2.22. The van der Waals surface area contributed by atoms with E-state index in [1.54, 1.807) is 17.5 Å². The third-order valence-corrected chi connectivity index (χ3v) is 7.61. The van der Waals surface area contributed by atoms with Gasteiger partial charge in [0, 0.05) is 26.2 Å². The number of sulfonamides is 1. The molecule has 2 heterocycles. The van der Waals surface area contributed by atoms with Crippen LogP contribution in [-0.4, -0.2) is 56.3 Å². The summed E-state index contributed by atoms with van der Waals surface area (Å²) in [4.78, 5) is 14.2. The minimum atomic E-state index is -3.42. The fourth-order valence-electron chi connectivity index (χ4n) is 2.94. The van der Waals surface area contributed by atoms with Gasteiger partial charge in [0.2, 0.25) is 5.91 Å². The van der Waals surface area contributed by atoms with Crippen LogP contribution in [0.1, 0.15) is 12.0 Å². The van der Waals surface area contributed by atoms with E-state index in [4.69, 9.17) is 0 Å². The number of hydrogen-bond donors (Lipinski definition) is 1. The molecule has 26 heavy (non-hydrogen) atoms. The average molecular weight is 394 g/mol. The number of rotatable bonds is 6. The van der Waals surface area contributed by atoms with E-state index >= 15 is 0 Å². The highest BCUT2D eigenvalue weighted by Gasteiger charge is 2.27. The molecule has 1 N–H and O–H groups in total. The second kappa shape index (κ2) is 8.77. The Labute approximate surface area is 158 Å². The first-order valence-corrected chi connectivity index (χ1v) is 10.9. The molecule has 1 amide bonds. The van der Waals surface area contributed by atoms with Crippen LogP contribution in [0.25, 0.3) is 0 Å². The van der Waals surface area contributed by atoms with Crippen molar-refractivity contribution in [3.8, 4) is 0 Å². The Morgan fingerprint density at radius 3 is 2.58 bits per heavy atom. The Morgan fingerprint density at radius 2 is 1.85 bits per heavy atom. The first kappa shape index (κ1) is 19.0. The van der Waals surface area contributed by atoms with Crippen LogP contribution in [0.5, 0.6) is 0 Å². The Hall–Kier alpha value is -1.74. The van der Waals surface area contributed by atoms with Gasteiger partial charge in [-0.25, -0.2) is 8.42 Å². The third-order valence-electron chi connectivity index (χ3n) is 4.34. The summed E-state index contributed by atoms with van der Waals surface area (Å²) >= 11 is 1.24. The molecule has 140 valence electrons. The summed E-state index contributed by atoms with van der Waals surface area (Å²) in [6.07, 6.45) is 0.719. The number of carbonyl (C=O) groups is 1. The van der Waals surface area contributed by atoms with Crippen molar-refractivity contribution in [2.24, 2.45) is 0 Å². The molecule has 1 saturated heterocycles. The molecule has 0 aliphatic carbocycles. The van der Waals surface area contributed by atoms with Gasteiger partial charge in [-0.3, -0.25) is 9.69 Å². The normalized spacial score (nSPS) is 16.9. The van der Waals surface area contributed by atoms with E-state index < -0.39 is 10.0 Å². The SMILES string of the molecule is O=C(CN1CCCN(S(=O)(=O)c2cccs2)CC1)NCc1ccccc1. The van der Waals surface area contributed by atoms with E-state index in [9.17, 15) is 13.2 Å². The molecule has 0 saturated carbocycles. The van der Waals surface area contributed by atoms with E-state index in [1.165, 1.54) is 15.6 Å². The second-order valence-corrected chi connectivity index (χ2v) is 9.34. The fraction of sp³-hybridized carbons (Fsp3) is 0.389. The van der Waals surface area contributed by atoms with Crippen LogP contribution in [0.2, 0.25) is 0 Å². The Balaban J connectivity index is 1.50. The first-order chi connectivity index (χ1) is 12.6. The minimum absolute atomic E-state index is 0.0385. The first-order valence-electron chi connectivity index (χ1n) is 8.62. The van der Waals surface area contributed by atoms with Gasteiger partial charge < -0.3 is 5.32 Å². The van der Waals surface area contributed by atoms with Gasteiger partial charge in [-0.1, -0.05) is 36.4 Å². The number of nitrogens with one attached hydrogen (secondary N) is 1. The number of amides is 1. The van der Waals surface area contributed by atoms with Crippen molar-refractivity contribution in [3.05, 3.63) is 53.4 Å². The maximum atomic E-state index is 12.6. The van der Waals surface area contributed by atoms with Gasteiger partial charge in [0.15, 0.2) is 0 Å². The number of nitrogens with zero attached hydrogens (tertiary/aromatic N) is 2. The second-order valence-electron chi connectivity index (χ2n) is 6.23. The Bertz CT molecular complexity index is 807. The van der Waals surface area contributed by atoms with E-state index in [2.05, 4.69) is 5.32 Å². The molecule has 8 heteroatoms. The molecule has 2 aromatic rings. The van der Waals surface area contributed by atoms with E-state index in [1.807, 2.05) is 35.2 Å². The molecule has 1 aromatic heterocycles. The zero-order valence-corrected chi connectivity index (χ0v) is 16.1. The molecule has 0 bridgehead atoms. The van der Waals surface area contributed by atoms with Gasteiger partial charge in [0.1, 0.15) is 4.21 Å². The van der Waals surface area contributed by atoms with Gasteiger partial charge in [-0.15, -0.1) is 11.3 Å². The average Bonchev–Trinajstić information content (AvgIpc) is 3.09. The zero-order valence-electron chi connectivity index (χ0n) is 14.5. The molecule has 1 aliphatic rings. The molecule has 0 radical (unpaired) electrons. The van der Waals surface area contributed by atoms with Gasteiger partial charge in [-0.2, -0.15) is 4.31 Å².